The van der Waals surface area contributed by atoms with E-state index in [0.717, 1.165) is 6.42 Å². The molecule has 1 spiro atoms. The van der Waals surface area contributed by atoms with Crippen molar-refractivity contribution in [1.82, 2.24) is 10.6 Å². The highest BCUT2D eigenvalue weighted by Crippen LogP contribution is 2.57. The van der Waals surface area contributed by atoms with Crippen molar-refractivity contribution in [3.8, 4) is 0 Å². The van der Waals surface area contributed by atoms with E-state index in [1.165, 1.54) is 12.1 Å². The zero-order valence-corrected chi connectivity index (χ0v) is 25.0. The van der Waals surface area contributed by atoms with Crippen LogP contribution < -0.4 is 16.0 Å². The van der Waals surface area contributed by atoms with Gasteiger partial charge in [0.1, 0.15) is 11.2 Å². The molecule has 0 bridgehead atoms. The molecule has 5 rings (SSSR count). The van der Waals surface area contributed by atoms with E-state index in [1.54, 1.807) is 18.2 Å². The number of carbonyl (C=O) groups excluding carboxylic acids is 2. The first-order valence-electron chi connectivity index (χ1n) is 14.3. The summed E-state index contributed by atoms with van der Waals surface area (Å²) in [6.45, 7) is 6.61. The highest BCUT2D eigenvalue weighted by molar-refractivity contribution is 6.31. The van der Waals surface area contributed by atoms with E-state index in [4.69, 9.17) is 23.2 Å². The van der Waals surface area contributed by atoms with Gasteiger partial charge in [0.2, 0.25) is 11.8 Å². The topological polar surface area (TPSA) is 111 Å². The van der Waals surface area contributed by atoms with Crippen LogP contribution in [0.3, 0.4) is 0 Å². The van der Waals surface area contributed by atoms with Gasteiger partial charge in [0.25, 0.3) is 0 Å². The number of aliphatic hydroxyl groups excluding tert-OH is 2. The number of benzene rings is 2. The van der Waals surface area contributed by atoms with Gasteiger partial charge in [0.15, 0.2) is 0 Å². The molecule has 1 saturated carbocycles. The summed E-state index contributed by atoms with van der Waals surface area (Å²) in [5.74, 6) is -1.67. The van der Waals surface area contributed by atoms with Gasteiger partial charge in [-0.15, -0.1) is 0 Å². The molecule has 2 amide bonds. The molecule has 0 unspecified atom stereocenters. The van der Waals surface area contributed by atoms with E-state index in [-0.39, 0.29) is 28.2 Å². The maximum atomic E-state index is 15.0. The van der Waals surface area contributed by atoms with Gasteiger partial charge in [-0.2, -0.15) is 0 Å². The zero-order chi connectivity index (χ0) is 29.7. The average molecular weight is 607 g/mol. The van der Waals surface area contributed by atoms with Crippen LogP contribution in [-0.2, 0) is 15.0 Å². The fraction of sp³-hybridized carbons (Fsp3) is 0.548. The summed E-state index contributed by atoms with van der Waals surface area (Å²) in [4.78, 5) is 28.0. The van der Waals surface area contributed by atoms with Crippen molar-refractivity contribution in [1.29, 1.82) is 0 Å². The van der Waals surface area contributed by atoms with Gasteiger partial charge in [-0.05, 0) is 78.8 Å². The monoisotopic (exact) mass is 605 g/mol. The number of fused-ring (bicyclic) bond motifs is 2. The first kappa shape index (κ1) is 30.2. The Hall–Kier alpha value is -2.23. The number of hydrogen-bond donors (Lipinski definition) is 5. The number of halogens is 3. The second kappa shape index (κ2) is 11.5. The molecular weight excluding hydrogens is 568 g/mol. The lowest BCUT2D eigenvalue weighted by atomic mass is 9.62. The van der Waals surface area contributed by atoms with E-state index in [0.29, 0.717) is 54.1 Å². The van der Waals surface area contributed by atoms with Crippen molar-refractivity contribution in [3.05, 3.63) is 63.4 Å². The maximum absolute atomic E-state index is 15.0. The molecule has 222 valence electrons. The Morgan fingerprint density at radius 2 is 1.85 bits per heavy atom. The summed E-state index contributed by atoms with van der Waals surface area (Å²) in [6.07, 6.45) is 1.74. The molecule has 2 heterocycles. The molecule has 2 aliphatic heterocycles. The van der Waals surface area contributed by atoms with Crippen molar-refractivity contribution >= 4 is 40.7 Å². The van der Waals surface area contributed by atoms with Gasteiger partial charge >= 0.3 is 0 Å². The predicted octanol–water partition coefficient (Wildman–Crippen LogP) is 4.91. The lowest BCUT2D eigenvalue weighted by Crippen LogP contribution is -2.49. The van der Waals surface area contributed by atoms with Crippen LogP contribution in [-0.4, -0.2) is 52.9 Å². The maximum Gasteiger partial charge on any atom is 0.237 e. The summed E-state index contributed by atoms with van der Waals surface area (Å²) in [5, 5.41) is 29.6. The molecular formula is C31H38Cl2FN3O4. The molecule has 7 nitrogen and oxygen atoms in total. The van der Waals surface area contributed by atoms with Crippen LogP contribution in [0, 0.1) is 17.2 Å². The Labute approximate surface area is 250 Å². The number of nitrogens with one attached hydrogen (secondary N) is 3. The number of rotatable bonds is 7. The molecule has 0 aromatic heterocycles. The zero-order valence-electron chi connectivity index (χ0n) is 23.5. The summed E-state index contributed by atoms with van der Waals surface area (Å²) >= 11 is 12.5. The Balaban J connectivity index is 1.51. The van der Waals surface area contributed by atoms with Crippen LogP contribution >= 0.6 is 23.2 Å². The van der Waals surface area contributed by atoms with E-state index >= 15 is 4.39 Å². The van der Waals surface area contributed by atoms with Crippen LogP contribution in [0.4, 0.5) is 10.1 Å². The lowest BCUT2D eigenvalue weighted by Gasteiger charge is -2.37. The van der Waals surface area contributed by atoms with Gasteiger partial charge in [0.05, 0.1) is 23.3 Å². The number of carbonyl (C=O) groups is 2. The third-order valence-corrected chi connectivity index (χ3v) is 9.40. The van der Waals surface area contributed by atoms with Crippen LogP contribution in [0.15, 0.2) is 36.4 Å². The normalized spacial score (nSPS) is 29.7. The minimum atomic E-state index is -1.29. The average Bonchev–Trinajstić information content (AvgIpc) is 3.48. The van der Waals surface area contributed by atoms with Crippen LogP contribution in [0.1, 0.15) is 69.9 Å². The molecule has 2 aromatic carbocycles. The molecule has 6 atom stereocenters. The Morgan fingerprint density at radius 3 is 2.51 bits per heavy atom. The van der Waals surface area contributed by atoms with E-state index in [1.807, 2.05) is 6.07 Å². The highest BCUT2D eigenvalue weighted by Gasteiger charge is 2.65. The van der Waals surface area contributed by atoms with Crippen molar-refractivity contribution in [2.24, 2.45) is 11.3 Å². The molecule has 3 aliphatic rings. The quantitative estimate of drug-likeness (QED) is 0.288. The third-order valence-electron chi connectivity index (χ3n) is 8.87. The highest BCUT2D eigenvalue weighted by atomic mass is 35.5. The largest absolute Gasteiger partial charge is 0.390 e. The minimum absolute atomic E-state index is 0.0877. The fourth-order valence-corrected chi connectivity index (χ4v) is 7.54. The molecule has 1 saturated heterocycles. The molecule has 2 aromatic rings. The van der Waals surface area contributed by atoms with E-state index in [9.17, 15) is 19.8 Å². The fourth-order valence-electron chi connectivity index (χ4n) is 7.18. The second-order valence-corrected chi connectivity index (χ2v) is 13.9. The van der Waals surface area contributed by atoms with Gasteiger partial charge in [0, 0.05) is 29.2 Å². The number of amides is 2. The van der Waals surface area contributed by atoms with Gasteiger partial charge in [-0.3, -0.25) is 9.59 Å². The minimum Gasteiger partial charge on any atom is -0.390 e. The molecule has 1 aliphatic carbocycles. The Morgan fingerprint density at radius 1 is 1.15 bits per heavy atom. The van der Waals surface area contributed by atoms with E-state index < -0.39 is 41.4 Å². The summed E-state index contributed by atoms with van der Waals surface area (Å²) < 4.78 is 15.0. The van der Waals surface area contributed by atoms with E-state index in [2.05, 4.69) is 36.7 Å². The Bertz CT molecular complexity index is 1320. The lowest BCUT2D eigenvalue weighted by molar-refractivity contribution is -0.123. The molecule has 2 fully saturated rings. The smallest absolute Gasteiger partial charge is 0.237 e. The van der Waals surface area contributed by atoms with Gasteiger partial charge < -0.3 is 26.2 Å². The van der Waals surface area contributed by atoms with Crippen LogP contribution in [0.2, 0.25) is 10.0 Å². The summed E-state index contributed by atoms with van der Waals surface area (Å²) in [6, 6.07) is 8.62. The van der Waals surface area contributed by atoms with Crippen molar-refractivity contribution < 1.29 is 24.2 Å². The summed E-state index contributed by atoms with van der Waals surface area (Å²) in [5.41, 5.74) is 0.102. The first-order valence-corrected chi connectivity index (χ1v) is 15.0. The van der Waals surface area contributed by atoms with Gasteiger partial charge in [-0.25, -0.2) is 4.39 Å². The number of hydrogen-bond acceptors (Lipinski definition) is 5. The first-order chi connectivity index (χ1) is 19.3. The predicted molar refractivity (Wildman–Crippen MR) is 158 cm³/mol. The van der Waals surface area contributed by atoms with Gasteiger partial charge in [-0.1, -0.05) is 56.1 Å². The Kier molecular flexibility index (Phi) is 8.45. The van der Waals surface area contributed by atoms with Crippen molar-refractivity contribution in [2.45, 2.75) is 88.5 Å². The standard InChI is InChI=1S/C31H38Cl2FN3O4/c1-30(2,3)15-25-31(19-13-21(34)20(33)14-22(19)36-29(31)41)26(17-7-4-8-18(32)12-17)27(37-25)28(40)35-9-5-6-16-10-23(38)24(39)11-16/h4,7-8,12-14,16,23-27,37-39H,5-6,9-11,15H2,1-3H3,(H,35,40)(H,36,41)/t23-,24-,25-,26+,27-,31+/m1/s1. The molecule has 5 N–H and O–H groups in total. The SMILES string of the molecule is CC(C)(C)C[C@H]1N[C@@H](C(=O)NCCCC2C[C@@H](O)[C@H](O)C2)[C@H](c2cccc(Cl)c2)[C@@]12C(=O)Nc1cc(Cl)c(F)cc12. The number of aliphatic hydroxyl groups is 2. The van der Waals surface area contributed by atoms with Crippen molar-refractivity contribution in [2.75, 3.05) is 11.9 Å². The third kappa shape index (κ3) is 5.74. The van der Waals surface area contributed by atoms with Crippen molar-refractivity contribution in [3.63, 3.8) is 0 Å². The number of anilines is 1. The molecule has 10 heteroatoms. The second-order valence-electron chi connectivity index (χ2n) is 13.0. The van der Waals surface area contributed by atoms with Crippen LogP contribution in [0.25, 0.3) is 0 Å². The van der Waals surface area contributed by atoms with Crippen LogP contribution in [0.5, 0.6) is 0 Å². The molecule has 41 heavy (non-hydrogen) atoms. The summed E-state index contributed by atoms with van der Waals surface area (Å²) in [7, 11) is 0. The molecule has 0 radical (unpaired) electrons.